The van der Waals surface area contributed by atoms with Gasteiger partial charge in [-0.15, -0.1) is 0 Å². The van der Waals surface area contributed by atoms with Gasteiger partial charge in [0.15, 0.2) is 0 Å². The Hall–Kier alpha value is -1.62. The van der Waals surface area contributed by atoms with Crippen LogP contribution in [0.5, 0.6) is 0 Å². The van der Waals surface area contributed by atoms with Crippen LogP contribution in [-0.2, 0) is 0 Å². The molecule has 0 aliphatic carbocycles. The summed E-state index contributed by atoms with van der Waals surface area (Å²) in [5.74, 6) is 0.281. The number of non-ortho nitro benzene ring substituents is 1. The number of aliphatic hydroxyl groups excluding tert-OH is 1. The molecule has 5 nitrogen and oxygen atoms in total. The fraction of sp³-hybridized carbons (Fsp3) is 0.500. The zero-order valence-electron chi connectivity index (χ0n) is 9.58. The van der Waals surface area contributed by atoms with E-state index in [9.17, 15) is 10.1 Å². The second-order valence-corrected chi connectivity index (χ2v) is 4.41. The number of aliphatic hydroxyl groups is 1. The van der Waals surface area contributed by atoms with Gasteiger partial charge in [0.1, 0.15) is 0 Å². The molecule has 5 heteroatoms. The summed E-state index contributed by atoms with van der Waals surface area (Å²) in [4.78, 5) is 12.4. The maximum atomic E-state index is 10.7. The number of nitrogens with zero attached hydrogens (tertiary/aromatic N) is 2. The van der Waals surface area contributed by atoms with E-state index in [-0.39, 0.29) is 23.1 Å². The number of nitro groups is 1. The van der Waals surface area contributed by atoms with Crippen LogP contribution in [0.25, 0.3) is 0 Å². The lowest BCUT2D eigenvalue weighted by Gasteiger charge is -2.33. The standard InChI is InChI=1S/C12H16N2O3/c15-9-10-3-2-6-13(8-10)11-4-1-5-12(7-11)14(16)17/h1,4-5,7,10,15H,2-3,6,8-9H2. The maximum absolute atomic E-state index is 10.7. The van der Waals surface area contributed by atoms with Gasteiger partial charge in [-0.1, -0.05) is 6.07 Å². The van der Waals surface area contributed by atoms with E-state index in [4.69, 9.17) is 5.11 Å². The Morgan fingerprint density at radius 1 is 1.53 bits per heavy atom. The molecule has 0 bridgehead atoms. The van der Waals surface area contributed by atoms with Gasteiger partial charge < -0.3 is 10.0 Å². The van der Waals surface area contributed by atoms with Gasteiger partial charge in [0, 0.05) is 37.5 Å². The number of hydrogen-bond acceptors (Lipinski definition) is 4. The van der Waals surface area contributed by atoms with E-state index in [0.29, 0.717) is 0 Å². The molecule has 1 aliphatic rings. The number of piperidine rings is 1. The van der Waals surface area contributed by atoms with Crippen LogP contribution < -0.4 is 4.90 Å². The number of anilines is 1. The first-order valence-corrected chi connectivity index (χ1v) is 5.81. The summed E-state index contributed by atoms with van der Waals surface area (Å²) < 4.78 is 0. The lowest BCUT2D eigenvalue weighted by molar-refractivity contribution is -0.384. The van der Waals surface area contributed by atoms with Crippen LogP contribution in [0.3, 0.4) is 0 Å². The first-order chi connectivity index (χ1) is 8.20. The van der Waals surface area contributed by atoms with Crippen molar-refractivity contribution in [3.8, 4) is 0 Å². The normalized spacial score (nSPS) is 20.3. The molecule has 1 aliphatic heterocycles. The largest absolute Gasteiger partial charge is 0.396 e. The SMILES string of the molecule is O=[N+]([O-])c1cccc(N2CCCC(CO)C2)c1. The quantitative estimate of drug-likeness (QED) is 0.642. The summed E-state index contributed by atoms with van der Waals surface area (Å²) in [6.07, 6.45) is 2.05. The molecular formula is C12H16N2O3. The molecule has 0 saturated carbocycles. The van der Waals surface area contributed by atoms with Crippen LogP contribution in [0.1, 0.15) is 12.8 Å². The number of hydrogen-bond donors (Lipinski definition) is 1. The highest BCUT2D eigenvalue weighted by Crippen LogP contribution is 2.25. The zero-order valence-corrected chi connectivity index (χ0v) is 9.58. The van der Waals surface area contributed by atoms with Gasteiger partial charge in [-0.3, -0.25) is 10.1 Å². The molecule has 1 aromatic rings. The van der Waals surface area contributed by atoms with Crippen LogP contribution in [0.15, 0.2) is 24.3 Å². The average Bonchev–Trinajstić information content (AvgIpc) is 2.39. The van der Waals surface area contributed by atoms with Crippen molar-refractivity contribution < 1.29 is 10.0 Å². The Bertz CT molecular complexity index is 408. The van der Waals surface area contributed by atoms with Crippen molar-refractivity contribution in [2.45, 2.75) is 12.8 Å². The molecule has 2 rings (SSSR count). The molecule has 1 heterocycles. The first kappa shape index (κ1) is 11.9. The van der Waals surface area contributed by atoms with Crippen molar-refractivity contribution in [2.75, 3.05) is 24.6 Å². The summed E-state index contributed by atoms with van der Waals surface area (Å²) in [6, 6.07) is 6.68. The Morgan fingerprint density at radius 2 is 2.35 bits per heavy atom. The smallest absolute Gasteiger partial charge is 0.271 e. The van der Waals surface area contributed by atoms with Gasteiger partial charge in [-0.25, -0.2) is 0 Å². The monoisotopic (exact) mass is 236 g/mol. The van der Waals surface area contributed by atoms with Crippen molar-refractivity contribution in [1.29, 1.82) is 0 Å². The van der Waals surface area contributed by atoms with Gasteiger partial charge in [0.05, 0.1) is 4.92 Å². The molecule has 1 atom stereocenters. The summed E-state index contributed by atoms with van der Waals surface area (Å²) >= 11 is 0. The minimum Gasteiger partial charge on any atom is -0.396 e. The highest BCUT2D eigenvalue weighted by Gasteiger charge is 2.20. The molecular weight excluding hydrogens is 220 g/mol. The summed E-state index contributed by atoms with van der Waals surface area (Å²) in [6.45, 7) is 1.86. The predicted octanol–water partition coefficient (Wildman–Crippen LogP) is 1.80. The van der Waals surface area contributed by atoms with Gasteiger partial charge in [0.25, 0.3) is 5.69 Å². The molecule has 17 heavy (non-hydrogen) atoms. The molecule has 0 spiro atoms. The lowest BCUT2D eigenvalue weighted by Crippen LogP contribution is -2.36. The Kier molecular flexibility index (Phi) is 3.58. The summed E-state index contributed by atoms with van der Waals surface area (Å²) in [5.41, 5.74) is 0.992. The van der Waals surface area contributed by atoms with Crippen LogP contribution in [0.4, 0.5) is 11.4 Å². The fourth-order valence-corrected chi connectivity index (χ4v) is 2.25. The molecule has 1 saturated heterocycles. The first-order valence-electron chi connectivity index (χ1n) is 5.81. The van der Waals surface area contributed by atoms with Gasteiger partial charge in [0.2, 0.25) is 0 Å². The summed E-state index contributed by atoms with van der Waals surface area (Å²) in [5, 5.41) is 19.9. The van der Waals surface area contributed by atoms with Gasteiger partial charge in [-0.05, 0) is 24.8 Å². The van der Waals surface area contributed by atoms with E-state index >= 15 is 0 Å². The van der Waals surface area contributed by atoms with Crippen LogP contribution >= 0.6 is 0 Å². The van der Waals surface area contributed by atoms with E-state index in [2.05, 4.69) is 4.90 Å². The van der Waals surface area contributed by atoms with Gasteiger partial charge >= 0.3 is 0 Å². The van der Waals surface area contributed by atoms with Gasteiger partial charge in [-0.2, -0.15) is 0 Å². The third kappa shape index (κ3) is 2.74. The number of nitro benzene ring substituents is 1. The third-order valence-corrected chi connectivity index (χ3v) is 3.18. The molecule has 1 N–H and O–H groups in total. The Balaban J connectivity index is 2.16. The van der Waals surface area contributed by atoms with Crippen molar-refractivity contribution in [3.63, 3.8) is 0 Å². The molecule has 0 aromatic heterocycles. The molecule has 1 unspecified atom stereocenters. The van der Waals surface area contributed by atoms with Crippen molar-refractivity contribution in [3.05, 3.63) is 34.4 Å². The van der Waals surface area contributed by atoms with Crippen molar-refractivity contribution in [1.82, 2.24) is 0 Å². The second kappa shape index (κ2) is 5.14. The number of rotatable bonds is 3. The third-order valence-electron chi connectivity index (χ3n) is 3.18. The fourth-order valence-electron chi connectivity index (χ4n) is 2.25. The molecule has 1 fully saturated rings. The van der Waals surface area contributed by atoms with Crippen molar-refractivity contribution >= 4 is 11.4 Å². The molecule has 0 amide bonds. The topological polar surface area (TPSA) is 66.6 Å². The maximum Gasteiger partial charge on any atom is 0.271 e. The van der Waals surface area contributed by atoms with Crippen molar-refractivity contribution in [2.24, 2.45) is 5.92 Å². The average molecular weight is 236 g/mol. The van der Waals surface area contributed by atoms with E-state index < -0.39 is 0 Å². The predicted molar refractivity (Wildman–Crippen MR) is 65.1 cm³/mol. The molecule has 92 valence electrons. The zero-order chi connectivity index (χ0) is 12.3. The van der Waals surface area contributed by atoms with E-state index in [1.165, 1.54) is 6.07 Å². The second-order valence-electron chi connectivity index (χ2n) is 4.41. The summed E-state index contributed by atoms with van der Waals surface area (Å²) in [7, 11) is 0. The van der Waals surface area contributed by atoms with Crippen LogP contribution in [0.2, 0.25) is 0 Å². The Labute approximate surface area is 99.8 Å². The molecule has 0 radical (unpaired) electrons. The highest BCUT2D eigenvalue weighted by atomic mass is 16.6. The number of benzene rings is 1. The van der Waals surface area contributed by atoms with E-state index in [0.717, 1.165) is 31.6 Å². The van der Waals surface area contributed by atoms with Crippen LogP contribution in [-0.4, -0.2) is 29.7 Å². The van der Waals surface area contributed by atoms with Crippen LogP contribution in [0, 0.1) is 16.0 Å². The van der Waals surface area contributed by atoms with E-state index in [1.807, 2.05) is 6.07 Å². The minimum absolute atomic E-state index is 0.119. The molecule has 1 aromatic carbocycles. The van der Waals surface area contributed by atoms with E-state index in [1.54, 1.807) is 12.1 Å². The highest BCUT2D eigenvalue weighted by molar-refractivity contribution is 5.53. The Morgan fingerprint density at radius 3 is 3.06 bits per heavy atom. The lowest BCUT2D eigenvalue weighted by atomic mass is 9.98. The minimum atomic E-state index is -0.378.